The molecule has 2 aliphatic heterocycles. The van der Waals surface area contributed by atoms with Crippen molar-refractivity contribution >= 4 is 18.0 Å². The lowest BCUT2D eigenvalue weighted by Gasteiger charge is -2.38. The number of benzene rings is 3. The maximum absolute atomic E-state index is 13.3. The first-order valence-corrected chi connectivity index (χ1v) is 13.4. The van der Waals surface area contributed by atoms with Crippen LogP contribution in [0.4, 0.5) is 0 Å². The van der Waals surface area contributed by atoms with E-state index in [0.717, 1.165) is 16.7 Å². The molecule has 10 heteroatoms. The Labute approximate surface area is 242 Å². The summed E-state index contributed by atoms with van der Waals surface area (Å²) in [5.74, 6) is 0.628. The Hall–Kier alpha value is -4.86. The Morgan fingerprint density at radius 3 is 2.12 bits per heavy atom. The number of esters is 2. The van der Waals surface area contributed by atoms with Crippen molar-refractivity contribution in [3.05, 3.63) is 76.9 Å². The third-order valence-electron chi connectivity index (χ3n) is 7.94. The summed E-state index contributed by atoms with van der Waals surface area (Å²) < 4.78 is 45.0. The van der Waals surface area contributed by atoms with Crippen LogP contribution in [0.5, 0.6) is 34.5 Å². The number of cyclic esters (lactones) is 1. The van der Waals surface area contributed by atoms with Gasteiger partial charge in [-0.1, -0.05) is 12.1 Å². The van der Waals surface area contributed by atoms with Crippen molar-refractivity contribution in [2.45, 2.75) is 12.0 Å². The molecule has 42 heavy (non-hydrogen) atoms. The molecular weight excluding hydrogens is 544 g/mol. The predicted octanol–water partition coefficient (Wildman–Crippen LogP) is 4.68. The molecule has 0 saturated carbocycles. The Bertz CT molecular complexity index is 1520. The van der Waals surface area contributed by atoms with E-state index in [1.165, 1.54) is 27.4 Å². The second kappa shape index (κ2) is 11.2. The Morgan fingerprint density at radius 2 is 1.50 bits per heavy atom. The second-order valence-electron chi connectivity index (χ2n) is 10.1. The van der Waals surface area contributed by atoms with Crippen molar-refractivity contribution in [2.24, 2.45) is 11.8 Å². The van der Waals surface area contributed by atoms with Gasteiger partial charge in [-0.3, -0.25) is 4.79 Å². The first-order valence-electron chi connectivity index (χ1n) is 13.4. The van der Waals surface area contributed by atoms with Crippen molar-refractivity contribution in [3.63, 3.8) is 0 Å². The van der Waals surface area contributed by atoms with Gasteiger partial charge < -0.3 is 37.9 Å². The Balaban J connectivity index is 1.42. The molecule has 0 radical (unpaired) electrons. The molecule has 0 bridgehead atoms. The minimum atomic E-state index is -0.766. The highest BCUT2D eigenvalue weighted by atomic mass is 16.7. The molecule has 4 atom stereocenters. The van der Waals surface area contributed by atoms with E-state index >= 15 is 0 Å². The maximum atomic E-state index is 13.3. The lowest BCUT2D eigenvalue weighted by molar-refractivity contribution is -0.148. The van der Waals surface area contributed by atoms with Crippen LogP contribution in [0.25, 0.3) is 6.08 Å². The zero-order valence-electron chi connectivity index (χ0n) is 23.6. The van der Waals surface area contributed by atoms with E-state index in [4.69, 9.17) is 37.9 Å². The third-order valence-corrected chi connectivity index (χ3v) is 7.94. The normalized spacial score (nSPS) is 21.8. The summed E-state index contributed by atoms with van der Waals surface area (Å²) in [7, 11) is 6.20. The van der Waals surface area contributed by atoms with Crippen LogP contribution < -0.4 is 28.4 Å². The smallest absolute Gasteiger partial charge is 0.331 e. The molecule has 1 fully saturated rings. The quantitative estimate of drug-likeness (QED) is 0.278. The molecule has 0 unspecified atom stereocenters. The van der Waals surface area contributed by atoms with Crippen LogP contribution >= 0.6 is 0 Å². The number of hydrogen-bond donors (Lipinski definition) is 0. The number of ether oxygens (including phenoxy) is 8. The number of methoxy groups -OCH3 is 4. The Kier molecular flexibility index (Phi) is 7.28. The standard InChI is InChI=1S/C32H30O10/c1-35-19-8-5-17(6-9-19)7-10-27(33)42-30-21-14-24-23(40-16-41-24)13-20(21)28(29-22(30)15-39-32(29)34)18-11-25(36-2)31(38-4)26(12-18)37-3/h5-14,22,28-30H,15-16H2,1-4H3/b10-7+/t22-,28+,29-,30-/m0/s1. The predicted molar refractivity (Wildman–Crippen MR) is 149 cm³/mol. The summed E-state index contributed by atoms with van der Waals surface area (Å²) in [6, 6.07) is 14.6. The molecule has 6 rings (SSSR count). The minimum Gasteiger partial charge on any atom is -0.497 e. The second-order valence-corrected chi connectivity index (χ2v) is 10.1. The van der Waals surface area contributed by atoms with Gasteiger partial charge in [-0.15, -0.1) is 0 Å². The number of carbonyl (C=O) groups excluding carboxylic acids is 2. The van der Waals surface area contributed by atoms with Gasteiger partial charge in [0, 0.05) is 23.5 Å². The largest absolute Gasteiger partial charge is 0.497 e. The fourth-order valence-electron chi connectivity index (χ4n) is 5.99. The van der Waals surface area contributed by atoms with Gasteiger partial charge in [0.2, 0.25) is 12.5 Å². The van der Waals surface area contributed by atoms with Crippen molar-refractivity contribution in [1.29, 1.82) is 0 Å². The van der Waals surface area contributed by atoms with E-state index < -0.39 is 29.8 Å². The molecule has 3 aromatic rings. The zero-order chi connectivity index (χ0) is 29.4. The number of hydrogen-bond acceptors (Lipinski definition) is 10. The highest BCUT2D eigenvalue weighted by molar-refractivity contribution is 5.87. The van der Waals surface area contributed by atoms with Gasteiger partial charge in [-0.2, -0.15) is 0 Å². The SMILES string of the molecule is COc1ccc(/C=C/C(=O)O[C@H]2c3cc4c(cc3[C@@H](c3cc(OC)c(OC)c(OC)c3)[C@H]3C(=O)OC[C@@H]32)OCO4)cc1. The fraction of sp³-hybridized carbons (Fsp3) is 0.312. The average molecular weight is 575 g/mol. The van der Waals surface area contributed by atoms with Gasteiger partial charge in [0.25, 0.3) is 0 Å². The van der Waals surface area contributed by atoms with Crippen LogP contribution in [0.3, 0.4) is 0 Å². The molecule has 0 spiro atoms. The molecule has 3 aliphatic rings. The van der Waals surface area contributed by atoms with E-state index in [1.807, 2.05) is 36.4 Å². The first kappa shape index (κ1) is 27.3. The van der Waals surface area contributed by atoms with Gasteiger partial charge in [-0.25, -0.2) is 4.79 Å². The van der Waals surface area contributed by atoms with Gasteiger partial charge in [0.15, 0.2) is 23.0 Å². The molecular formula is C32H30O10. The van der Waals surface area contributed by atoms with Gasteiger partial charge in [0.05, 0.1) is 41.0 Å². The van der Waals surface area contributed by atoms with E-state index in [9.17, 15) is 9.59 Å². The average Bonchev–Trinajstić information content (AvgIpc) is 3.64. The third kappa shape index (κ3) is 4.72. The molecule has 10 nitrogen and oxygen atoms in total. The van der Waals surface area contributed by atoms with E-state index in [1.54, 1.807) is 25.3 Å². The summed E-state index contributed by atoms with van der Waals surface area (Å²) >= 11 is 0. The monoisotopic (exact) mass is 574 g/mol. The van der Waals surface area contributed by atoms with Gasteiger partial charge >= 0.3 is 11.9 Å². The van der Waals surface area contributed by atoms with E-state index in [-0.39, 0.29) is 19.4 Å². The zero-order valence-corrected chi connectivity index (χ0v) is 23.6. The highest BCUT2D eigenvalue weighted by Gasteiger charge is 2.54. The van der Waals surface area contributed by atoms with Crippen molar-refractivity contribution < 1.29 is 47.5 Å². The van der Waals surface area contributed by atoms with Crippen molar-refractivity contribution in [1.82, 2.24) is 0 Å². The van der Waals surface area contributed by atoms with Crippen molar-refractivity contribution in [2.75, 3.05) is 41.8 Å². The topological polar surface area (TPSA) is 108 Å². The molecule has 1 aliphatic carbocycles. The van der Waals surface area contributed by atoms with Crippen LogP contribution in [0.1, 0.15) is 34.3 Å². The lowest BCUT2D eigenvalue weighted by atomic mass is 9.66. The number of carbonyl (C=O) groups is 2. The highest BCUT2D eigenvalue weighted by Crippen LogP contribution is 2.56. The van der Waals surface area contributed by atoms with Crippen LogP contribution in [0, 0.1) is 11.8 Å². The van der Waals surface area contributed by atoms with E-state index in [0.29, 0.717) is 40.1 Å². The lowest BCUT2D eigenvalue weighted by Crippen LogP contribution is -2.36. The van der Waals surface area contributed by atoms with Gasteiger partial charge in [-0.05, 0) is 59.2 Å². The molecule has 0 N–H and O–H groups in total. The molecule has 0 aromatic heterocycles. The summed E-state index contributed by atoms with van der Waals surface area (Å²) in [5.41, 5.74) is 3.02. The molecule has 218 valence electrons. The molecule has 2 heterocycles. The van der Waals surface area contributed by atoms with E-state index in [2.05, 4.69) is 0 Å². The number of fused-ring (bicyclic) bond motifs is 3. The molecule has 1 saturated heterocycles. The first-order chi connectivity index (χ1) is 20.4. The van der Waals surface area contributed by atoms with Crippen LogP contribution in [0.15, 0.2) is 54.6 Å². The number of rotatable bonds is 8. The fourth-order valence-corrected chi connectivity index (χ4v) is 5.99. The van der Waals surface area contributed by atoms with Crippen molar-refractivity contribution in [3.8, 4) is 34.5 Å². The summed E-state index contributed by atoms with van der Waals surface area (Å²) in [4.78, 5) is 26.5. The van der Waals surface area contributed by atoms with Gasteiger partial charge in [0.1, 0.15) is 11.9 Å². The van der Waals surface area contributed by atoms with Crippen LogP contribution in [-0.2, 0) is 19.1 Å². The van der Waals surface area contributed by atoms with Crippen LogP contribution in [-0.4, -0.2) is 53.8 Å². The summed E-state index contributed by atoms with van der Waals surface area (Å²) in [6.45, 7) is 0.162. The maximum Gasteiger partial charge on any atom is 0.331 e. The molecule has 3 aromatic carbocycles. The van der Waals surface area contributed by atoms with Crippen LogP contribution in [0.2, 0.25) is 0 Å². The summed E-state index contributed by atoms with van der Waals surface area (Å²) in [5, 5.41) is 0. The molecule has 0 amide bonds. The minimum absolute atomic E-state index is 0.0665. The Morgan fingerprint density at radius 1 is 0.833 bits per heavy atom. The summed E-state index contributed by atoms with van der Waals surface area (Å²) in [6.07, 6.45) is 2.27.